The zero-order valence-electron chi connectivity index (χ0n) is 16.9. The third-order valence-electron chi connectivity index (χ3n) is 4.70. The number of carbonyl (C=O) groups excluding carboxylic acids is 1. The summed E-state index contributed by atoms with van der Waals surface area (Å²) in [6, 6.07) is 15.6. The Morgan fingerprint density at radius 3 is 2.28 bits per heavy atom. The summed E-state index contributed by atoms with van der Waals surface area (Å²) in [6.07, 6.45) is 1.43. The van der Waals surface area contributed by atoms with Gasteiger partial charge in [-0.25, -0.2) is 0 Å². The number of aryl methyl sites for hydroxylation is 1. The molecule has 0 aliphatic carbocycles. The third kappa shape index (κ3) is 5.10. The lowest BCUT2D eigenvalue weighted by Gasteiger charge is -2.20. The Bertz CT molecular complexity index is 985. The van der Waals surface area contributed by atoms with Crippen molar-refractivity contribution in [1.29, 1.82) is 0 Å². The van der Waals surface area contributed by atoms with Crippen LogP contribution in [0, 0.1) is 6.92 Å². The molecule has 6 heteroatoms. The van der Waals surface area contributed by atoms with Crippen LogP contribution in [-0.4, -0.2) is 29.3 Å². The number of anilines is 1. The summed E-state index contributed by atoms with van der Waals surface area (Å²) in [4.78, 5) is 13.5. The molecule has 0 fully saturated rings. The number of aliphatic carboxylic acids is 1. The van der Waals surface area contributed by atoms with E-state index < -0.39 is 5.97 Å². The highest BCUT2D eigenvalue weighted by Crippen LogP contribution is 2.26. The number of hydrogen-bond acceptors (Lipinski definition) is 6. The van der Waals surface area contributed by atoms with E-state index in [1.165, 1.54) is 0 Å². The molecule has 1 heterocycles. The Morgan fingerprint density at radius 2 is 1.69 bits per heavy atom. The quantitative estimate of drug-likeness (QED) is 0.585. The average molecular weight is 390 g/mol. The van der Waals surface area contributed by atoms with E-state index in [1.807, 2.05) is 55.5 Å². The molecule has 0 saturated heterocycles. The lowest BCUT2D eigenvalue weighted by molar-refractivity contribution is -0.304. The minimum atomic E-state index is -1.20. The molecular formula is C23H24N3O3-. The number of carboxylic acids is 1. The summed E-state index contributed by atoms with van der Waals surface area (Å²) in [5.74, 6) is -0.676. The van der Waals surface area contributed by atoms with E-state index in [0.29, 0.717) is 11.5 Å². The van der Waals surface area contributed by atoms with E-state index >= 15 is 0 Å². The molecule has 0 bridgehead atoms. The van der Waals surface area contributed by atoms with Gasteiger partial charge in [-0.15, -0.1) is 10.2 Å². The number of carbonyl (C=O) groups is 1. The first-order valence-electron chi connectivity index (χ1n) is 9.66. The Labute approximate surface area is 170 Å². The number of aromatic nitrogens is 2. The van der Waals surface area contributed by atoms with Crippen LogP contribution in [0.1, 0.15) is 37.3 Å². The smallest absolute Gasteiger partial charge is 0.248 e. The van der Waals surface area contributed by atoms with E-state index in [4.69, 9.17) is 4.42 Å². The minimum Gasteiger partial charge on any atom is -0.550 e. The summed E-state index contributed by atoms with van der Waals surface area (Å²) in [5, 5.41) is 19.4. The van der Waals surface area contributed by atoms with Crippen LogP contribution in [0.4, 0.5) is 5.69 Å². The molecule has 3 aromatic rings. The number of hydrogen-bond donors (Lipinski definition) is 0. The molecule has 29 heavy (non-hydrogen) atoms. The van der Waals surface area contributed by atoms with Crippen LogP contribution in [0.25, 0.3) is 23.1 Å². The fourth-order valence-electron chi connectivity index (χ4n) is 3.08. The van der Waals surface area contributed by atoms with Gasteiger partial charge in [-0.05, 0) is 56.7 Å². The van der Waals surface area contributed by atoms with E-state index in [2.05, 4.69) is 28.9 Å². The summed E-state index contributed by atoms with van der Waals surface area (Å²) in [5.41, 5.74) is 4.29. The van der Waals surface area contributed by atoms with Crippen LogP contribution >= 0.6 is 0 Å². The van der Waals surface area contributed by atoms with E-state index in [1.54, 1.807) is 6.08 Å². The Kier molecular flexibility index (Phi) is 6.44. The second kappa shape index (κ2) is 9.19. The van der Waals surface area contributed by atoms with Gasteiger partial charge in [0.15, 0.2) is 0 Å². The topological polar surface area (TPSA) is 82.3 Å². The summed E-state index contributed by atoms with van der Waals surface area (Å²) < 4.78 is 5.75. The first-order chi connectivity index (χ1) is 14.0. The van der Waals surface area contributed by atoms with Crippen molar-refractivity contribution in [3.8, 4) is 11.5 Å². The van der Waals surface area contributed by atoms with Crippen molar-refractivity contribution in [2.45, 2.75) is 27.2 Å². The van der Waals surface area contributed by atoms with E-state index in [-0.39, 0.29) is 12.3 Å². The molecule has 0 atom stereocenters. The molecule has 0 N–H and O–H groups in total. The molecule has 0 spiro atoms. The van der Waals surface area contributed by atoms with Crippen molar-refractivity contribution >= 4 is 23.3 Å². The highest BCUT2D eigenvalue weighted by atomic mass is 16.4. The van der Waals surface area contributed by atoms with Crippen LogP contribution in [-0.2, 0) is 4.79 Å². The van der Waals surface area contributed by atoms with Crippen molar-refractivity contribution in [2.24, 2.45) is 0 Å². The van der Waals surface area contributed by atoms with Gasteiger partial charge in [-0.2, -0.15) is 0 Å². The zero-order valence-corrected chi connectivity index (χ0v) is 16.9. The van der Waals surface area contributed by atoms with Gasteiger partial charge in [0.05, 0.1) is 0 Å². The maximum absolute atomic E-state index is 11.3. The summed E-state index contributed by atoms with van der Waals surface area (Å²) in [6.45, 7) is 8.05. The SMILES string of the molecule is CCN(CC)c1ccc(/C=C(\CC(=O)[O-])c2nnc(-c3ccc(C)cc3)o2)cc1. The average Bonchev–Trinajstić information content (AvgIpc) is 3.20. The normalized spacial score (nSPS) is 11.5. The van der Waals surface area contributed by atoms with Crippen molar-refractivity contribution < 1.29 is 14.3 Å². The fourth-order valence-corrected chi connectivity index (χ4v) is 3.08. The maximum atomic E-state index is 11.3. The molecule has 6 nitrogen and oxygen atoms in total. The van der Waals surface area contributed by atoms with Crippen molar-refractivity contribution in [3.05, 3.63) is 65.5 Å². The molecule has 0 unspecified atom stereocenters. The first kappa shape index (κ1) is 20.3. The van der Waals surface area contributed by atoms with E-state index in [9.17, 15) is 9.90 Å². The monoisotopic (exact) mass is 390 g/mol. The lowest BCUT2D eigenvalue weighted by Crippen LogP contribution is -2.22. The number of rotatable bonds is 8. The van der Waals surface area contributed by atoms with Crippen LogP contribution in [0.3, 0.4) is 0 Å². The predicted octanol–water partition coefficient (Wildman–Crippen LogP) is 3.57. The third-order valence-corrected chi connectivity index (χ3v) is 4.70. The van der Waals surface area contributed by atoms with Gasteiger partial charge < -0.3 is 19.2 Å². The van der Waals surface area contributed by atoms with Crippen molar-refractivity contribution in [2.75, 3.05) is 18.0 Å². The first-order valence-corrected chi connectivity index (χ1v) is 9.66. The van der Waals surface area contributed by atoms with Crippen LogP contribution in [0.15, 0.2) is 52.9 Å². The lowest BCUT2D eigenvalue weighted by atomic mass is 10.1. The fraction of sp³-hybridized carbons (Fsp3) is 0.261. The largest absolute Gasteiger partial charge is 0.550 e. The predicted molar refractivity (Wildman–Crippen MR) is 112 cm³/mol. The highest BCUT2D eigenvalue weighted by Gasteiger charge is 2.13. The van der Waals surface area contributed by atoms with Crippen molar-refractivity contribution in [1.82, 2.24) is 10.2 Å². The summed E-state index contributed by atoms with van der Waals surface area (Å²) in [7, 11) is 0. The molecule has 150 valence electrons. The maximum Gasteiger partial charge on any atom is 0.248 e. The molecule has 0 radical (unpaired) electrons. The standard InChI is InChI=1S/C23H25N3O3/c1-4-26(5-2)20-12-8-17(9-13-20)14-19(15-21(27)28)23-25-24-22(29-23)18-10-6-16(3)7-11-18/h6-14H,4-5,15H2,1-3H3,(H,27,28)/p-1/b19-14+. The van der Waals surface area contributed by atoms with Gasteiger partial charge in [0, 0.05) is 42.3 Å². The van der Waals surface area contributed by atoms with Crippen LogP contribution in [0.5, 0.6) is 0 Å². The highest BCUT2D eigenvalue weighted by molar-refractivity contribution is 5.88. The molecule has 0 saturated carbocycles. The Hall–Kier alpha value is -3.41. The van der Waals surface area contributed by atoms with Gasteiger partial charge in [0.2, 0.25) is 11.8 Å². The zero-order chi connectivity index (χ0) is 20.8. The Morgan fingerprint density at radius 1 is 1.03 bits per heavy atom. The van der Waals surface area contributed by atoms with Gasteiger partial charge in [0.25, 0.3) is 0 Å². The number of nitrogens with zero attached hydrogens (tertiary/aromatic N) is 3. The Balaban J connectivity index is 1.90. The van der Waals surface area contributed by atoms with Crippen LogP contribution < -0.4 is 10.0 Å². The number of carboxylic acid groups (broad SMARTS) is 1. The van der Waals surface area contributed by atoms with Gasteiger partial charge in [0.1, 0.15) is 0 Å². The number of benzene rings is 2. The molecule has 0 aliphatic rings. The molecular weight excluding hydrogens is 366 g/mol. The molecule has 1 aromatic heterocycles. The van der Waals surface area contributed by atoms with Gasteiger partial charge in [-0.1, -0.05) is 29.8 Å². The molecule has 2 aromatic carbocycles. The van der Waals surface area contributed by atoms with E-state index in [0.717, 1.165) is 35.5 Å². The second-order valence-electron chi connectivity index (χ2n) is 6.76. The molecule has 3 rings (SSSR count). The summed E-state index contributed by atoms with van der Waals surface area (Å²) >= 11 is 0. The molecule has 0 aliphatic heterocycles. The second-order valence-corrected chi connectivity index (χ2v) is 6.76. The van der Waals surface area contributed by atoms with Crippen LogP contribution in [0.2, 0.25) is 0 Å². The molecule has 0 amide bonds. The van der Waals surface area contributed by atoms with Crippen molar-refractivity contribution in [3.63, 3.8) is 0 Å². The van der Waals surface area contributed by atoms with Gasteiger partial charge >= 0.3 is 0 Å². The van der Waals surface area contributed by atoms with Gasteiger partial charge in [-0.3, -0.25) is 0 Å². The minimum absolute atomic E-state index is 0.178.